The highest BCUT2D eigenvalue weighted by Crippen LogP contribution is 2.24. The van der Waals surface area contributed by atoms with Gasteiger partial charge in [-0.15, -0.1) is 11.3 Å². The number of Topliss-reactive ketones (excluding diaryl/α,β-unsaturated/α-hetero) is 1. The number of esters is 1. The van der Waals surface area contributed by atoms with E-state index in [1.54, 1.807) is 25.2 Å². The highest BCUT2D eigenvalue weighted by molar-refractivity contribution is 7.09. The lowest BCUT2D eigenvalue weighted by Crippen LogP contribution is -2.38. The molecule has 33 heavy (non-hydrogen) atoms. The van der Waals surface area contributed by atoms with Crippen molar-refractivity contribution >= 4 is 29.2 Å². The molecule has 0 saturated carbocycles. The quantitative estimate of drug-likeness (QED) is 0.604. The highest BCUT2D eigenvalue weighted by atomic mass is 32.1. The predicted octanol–water partition coefficient (Wildman–Crippen LogP) is 4.65. The number of aromatic nitrogens is 1. The number of thiazole rings is 1. The summed E-state index contributed by atoms with van der Waals surface area (Å²) in [5.41, 5.74) is 2.69. The summed E-state index contributed by atoms with van der Waals surface area (Å²) < 4.78 is 5.74. The van der Waals surface area contributed by atoms with E-state index in [9.17, 15) is 19.8 Å². The topological polar surface area (TPSA) is 96.7 Å². The molecule has 6 atom stereocenters. The third-order valence-electron chi connectivity index (χ3n) is 6.28. The third-order valence-corrected chi connectivity index (χ3v) is 7.07. The number of hydrogen-bond donors (Lipinski definition) is 2. The molecule has 7 heteroatoms. The fourth-order valence-electron chi connectivity index (χ4n) is 3.89. The molecule has 1 aliphatic heterocycles. The van der Waals surface area contributed by atoms with Crippen LogP contribution in [0, 0.1) is 24.7 Å². The molecule has 0 spiro atoms. The normalized spacial score (nSPS) is 33.8. The molecule has 1 aromatic rings. The van der Waals surface area contributed by atoms with Gasteiger partial charge in [-0.2, -0.15) is 0 Å². The van der Waals surface area contributed by atoms with E-state index in [0.717, 1.165) is 21.8 Å². The zero-order valence-corrected chi connectivity index (χ0v) is 21.3. The van der Waals surface area contributed by atoms with Crippen molar-refractivity contribution in [2.75, 3.05) is 0 Å². The molecule has 0 aliphatic carbocycles. The van der Waals surface area contributed by atoms with Crippen molar-refractivity contribution in [1.82, 2.24) is 4.98 Å². The smallest absolute Gasteiger partial charge is 0.309 e. The average Bonchev–Trinajstić information content (AvgIpc) is 3.17. The van der Waals surface area contributed by atoms with Crippen LogP contribution in [-0.2, 0) is 14.3 Å². The fraction of sp³-hybridized carbons (Fsp3) is 0.577. The number of hydrogen-bond acceptors (Lipinski definition) is 7. The van der Waals surface area contributed by atoms with Gasteiger partial charge in [0.1, 0.15) is 11.9 Å². The minimum absolute atomic E-state index is 0.116. The van der Waals surface area contributed by atoms with E-state index >= 15 is 0 Å². The van der Waals surface area contributed by atoms with E-state index in [-0.39, 0.29) is 18.1 Å². The summed E-state index contributed by atoms with van der Waals surface area (Å²) in [5, 5.41) is 24.1. The van der Waals surface area contributed by atoms with E-state index in [1.165, 1.54) is 0 Å². The minimum atomic E-state index is -1.17. The molecule has 6 nitrogen and oxygen atoms in total. The van der Waals surface area contributed by atoms with Crippen molar-refractivity contribution in [2.24, 2.45) is 17.8 Å². The zero-order valence-electron chi connectivity index (χ0n) is 20.4. The van der Waals surface area contributed by atoms with Crippen LogP contribution < -0.4 is 0 Å². The van der Waals surface area contributed by atoms with Gasteiger partial charge in [-0.3, -0.25) is 9.59 Å². The van der Waals surface area contributed by atoms with Crippen molar-refractivity contribution in [2.45, 2.75) is 79.1 Å². The Bertz CT molecular complexity index is 916. The summed E-state index contributed by atoms with van der Waals surface area (Å²) in [7, 11) is 0. The second kappa shape index (κ2) is 12.4. The third kappa shape index (κ3) is 8.02. The lowest BCUT2D eigenvalue weighted by molar-refractivity contribution is -0.151. The van der Waals surface area contributed by atoms with Gasteiger partial charge in [0.25, 0.3) is 0 Å². The Hall–Kier alpha value is -2.09. The summed E-state index contributed by atoms with van der Waals surface area (Å²) in [6.45, 7) is 11.0. The Kier molecular flexibility index (Phi) is 10.2. The Morgan fingerprint density at radius 2 is 1.85 bits per heavy atom. The van der Waals surface area contributed by atoms with E-state index in [2.05, 4.69) is 4.98 Å². The average molecular weight is 476 g/mol. The van der Waals surface area contributed by atoms with Gasteiger partial charge in [0, 0.05) is 23.6 Å². The molecule has 182 valence electrons. The van der Waals surface area contributed by atoms with E-state index < -0.39 is 36.1 Å². The Labute approximate surface area is 201 Å². The monoisotopic (exact) mass is 475 g/mol. The van der Waals surface area contributed by atoms with Gasteiger partial charge in [-0.1, -0.05) is 44.6 Å². The molecular weight excluding hydrogens is 438 g/mol. The van der Waals surface area contributed by atoms with Crippen molar-refractivity contribution in [3.63, 3.8) is 0 Å². The SMILES string of the molecule is CC1=C\C[C@@H](/C(C)=C/c2csc(C)n2)OC(=O)C[C@H](O)C(C)C(=O)[C@H](C)[C@@H](O)[C@@H](C)C/C=C\1. The van der Waals surface area contributed by atoms with Gasteiger partial charge < -0.3 is 14.9 Å². The molecule has 1 aliphatic rings. The Morgan fingerprint density at radius 3 is 2.48 bits per heavy atom. The second-order valence-corrected chi connectivity index (χ2v) is 10.3. The van der Waals surface area contributed by atoms with Crippen LogP contribution in [0.4, 0.5) is 0 Å². The molecule has 0 saturated heterocycles. The number of ether oxygens (including phenoxy) is 1. The van der Waals surface area contributed by atoms with E-state index in [1.807, 2.05) is 57.4 Å². The summed E-state index contributed by atoms with van der Waals surface area (Å²) >= 11 is 1.55. The number of aryl methyl sites for hydroxylation is 1. The van der Waals surface area contributed by atoms with Gasteiger partial charge >= 0.3 is 5.97 Å². The van der Waals surface area contributed by atoms with Crippen LogP contribution in [0.2, 0.25) is 0 Å². The maximum absolute atomic E-state index is 12.8. The number of carbonyl (C=O) groups excluding carboxylic acids is 2. The Morgan fingerprint density at radius 1 is 1.15 bits per heavy atom. The molecule has 2 rings (SSSR count). The van der Waals surface area contributed by atoms with Crippen molar-refractivity contribution < 1.29 is 24.5 Å². The summed E-state index contributed by atoms with van der Waals surface area (Å²) in [4.78, 5) is 29.9. The number of rotatable bonds is 2. The van der Waals surface area contributed by atoms with Gasteiger partial charge in [-0.05, 0) is 44.8 Å². The number of aliphatic hydroxyl groups excluding tert-OH is 2. The first kappa shape index (κ1) is 27.2. The first-order valence-electron chi connectivity index (χ1n) is 11.5. The van der Waals surface area contributed by atoms with Crippen LogP contribution in [0.15, 0.2) is 34.8 Å². The minimum Gasteiger partial charge on any atom is -0.457 e. The maximum atomic E-state index is 12.8. The summed E-state index contributed by atoms with van der Waals surface area (Å²) in [6.07, 6.45) is 6.20. The number of ketones is 1. The highest BCUT2D eigenvalue weighted by Gasteiger charge is 2.33. The standard InChI is InChI=1S/C26H37NO5S/c1-15-8-7-9-16(2)25(30)19(5)26(31)18(4)22(28)13-24(29)32-23(11-10-15)17(3)12-21-14-33-20(6)27-21/h7-8,10,12,14,16,18-19,22-23,25,28,30H,9,11,13H2,1-6H3/b8-7-,15-10+,17-12+/t16-,18?,19+,22-,23-,25-/m0/s1. The molecule has 0 amide bonds. The molecule has 0 radical (unpaired) electrons. The number of allylic oxidation sites excluding steroid dienone is 3. The Balaban J connectivity index is 2.32. The summed E-state index contributed by atoms with van der Waals surface area (Å²) in [6, 6.07) is 0. The molecule has 1 unspecified atom stereocenters. The molecule has 1 aromatic heterocycles. The van der Waals surface area contributed by atoms with Crippen LogP contribution in [0.25, 0.3) is 6.08 Å². The lowest BCUT2D eigenvalue weighted by atomic mass is 9.82. The number of nitrogens with zero attached hydrogens (tertiary/aromatic N) is 1. The van der Waals surface area contributed by atoms with Crippen LogP contribution >= 0.6 is 11.3 Å². The van der Waals surface area contributed by atoms with Gasteiger partial charge in [-0.25, -0.2) is 4.98 Å². The predicted molar refractivity (Wildman–Crippen MR) is 132 cm³/mol. The van der Waals surface area contributed by atoms with Crippen LogP contribution in [0.1, 0.15) is 64.6 Å². The van der Waals surface area contributed by atoms with Crippen molar-refractivity contribution in [3.8, 4) is 0 Å². The molecule has 0 aromatic carbocycles. The van der Waals surface area contributed by atoms with Crippen molar-refractivity contribution in [1.29, 1.82) is 0 Å². The van der Waals surface area contributed by atoms with Crippen molar-refractivity contribution in [3.05, 3.63) is 45.5 Å². The van der Waals surface area contributed by atoms with Gasteiger partial charge in [0.05, 0.1) is 29.3 Å². The summed E-state index contributed by atoms with van der Waals surface area (Å²) in [5.74, 6) is -2.36. The lowest BCUT2D eigenvalue weighted by Gasteiger charge is -2.27. The van der Waals surface area contributed by atoms with Crippen LogP contribution in [-0.4, -0.2) is 45.3 Å². The number of carbonyl (C=O) groups is 2. The molecule has 0 fully saturated rings. The van der Waals surface area contributed by atoms with Crippen LogP contribution in [0.3, 0.4) is 0 Å². The number of aliphatic hydroxyl groups is 2. The molecule has 2 heterocycles. The molecule has 0 bridgehead atoms. The molecule has 2 N–H and O–H groups in total. The molecular formula is C26H37NO5S. The first-order valence-corrected chi connectivity index (χ1v) is 12.4. The van der Waals surface area contributed by atoms with E-state index in [4.69, 9.17) is 4.74 Å². The van der Waals surface area contributed by atoms with E-state index in [0.29, 0.717) is 12.8 Å². The second-order valence-electron chi connectivity index (χ2n) is 9.20. The first-order chi connectivity index (χ1) is 15.5. The number of cyclic esters (lactones) is 1. The van der Waals surface area contributed by atoms with Crippen LogP contribution in [0.5, 0.6) is 0 Å². The largest absolute Gasteiger partial charge is 0.457 e. The van der Waals surface area contributed by atoms with Gasteiger partial charge in [0.2, 0.25) is 0 Å². The zero-order chi connectivity index (χ0) is 24.7. The maximum Gasteiger partial charge on any atom is 0.309 e. The van der Waals surface area contributed by atoms with Gasteiger partial charge in [0.15, 0.2) is 0 Å². The fourth-order valence-corrected chi connectivity index (χ4v) is 4.46.